The molecule has 212 valence electrons. The summed E-state index contributed by atoms with van der Waals surface area (Å²) in [6.07, 6.45) is 1.60. The summed E-state index contributed by atoms with van der Waals surface area (Å²) in [5.41, 5.74) is 5.93. The quantitative estimate of drug-likeness (QED) is 0.469. The van der Waals surface area contributed by atoms with E-state index in [1.807, 2.05) is 20.8 Å². The van der Waals surface area contributed by atoms with Gasteiger partial charge in [-0.05, 0) is 32.9 Å². The molecule has 0 aliphatic carbocycles. The Bertz CT molecular complexity index is 1420. The number of aliphatic imine (C=N–C) groups is 1. The number of fused-ring (bicyclic) bond motifs is 1. The highest BCUT2D eigenvalue weighted by Gasteiger charge is 2.51. The maximum Gasteiger partial charge on any atom is 0.335 e. The summed E-state index contributed by atoms with van der Waals surface area (Å²) in [5, 5.41) is 15.8. The third-order valence-corrected chi connectivity index (χ3v) is 8.45. The molecule has 40 heavy (non-hydrogen) atoms. The normalized spacial score (nSPS) is 23.7. The van der Waals surface area contributed by atoms with E-state index in [-0.39, 0.29) is 35.4 Å². The van der Waals surface area contributed by atoms with Gasteiger partial charge in [0.05, 0.1) is 11.6 Å². The first-order chi connectivity index (χ1) is 18.9. The predicted molar refractivity (Wildman–Crippen MR) is 148 cm³/mol. The second kappa shape index (κ2) is 10.5. The lowest BCUT2D eigenvalue weighted by atomic mass is 9.94. The van der Waals surface area contributed by atoms with Crippen LogP contribution in [0.5, 0.6) is 0 Å². The molecule has 0 radical (unpaired) electrons. The zero-order valence-corrected chi connectivity index (χ0v) is 23.7. The molecule has 2 aromatic rings. The van der Waals surface area contributed by atoms with Gasteiger partial charge in [0, 0.05) is 59.6 Å². The van der Waals surface area contributed by atoms with Gasteiger partial charge in [-0.3, -0.25) is 14.7 Å². The fourth-order valence-electron chi connectivity index (χ4n) is 5.49. The number of primary amides is 1. The minimum absolute atomic E-state index is 0.00297. The number of aromatic nitrogens is 1. The molecular weight excluding hydrogens is 561 g/mol. The minimum atomic E-state index is -1.25. The number of hydrogen-bond acceptors (Lipinski definition) is 8. The number of nitrogens with two attached hydrogens (primary N) is 1. The van der Waals surface area contributed by atoms with E-state index in [0.717, 1.165) is 6.07 Å². The third kappa shape index (κ3) is 5.04. The van der Waals surface area contributed by atoms with Crippen molar-refractivity contribution in [3.8, 4) is 0 Å². The van der Waals surface area contributed by atoms with Crippen molar-refractivity contribution < 1.29 is 23.9 Å². The highest BCUT2D eigenvalue weighted by Crippen LogP contribution is 2.37. The third-order valence-electron chi connectivity index (χ3n) is 7.34. The number of carbonyl (C=O) groups excluding carboxylic acids is 2. The number of halogens is 2. The number of thiazole rings is 1. The molecule has 2 fully saturated rings. The lowest BCUT2D eigenvalue weighted by molar-refractivity contribution is -0.133. The highest BCUT2D eigenvalue weighted by molar-refractivity contribution is 7.11. The summed E-state index contributed by atoms with van der Waals surface area (Å²) in [7, 11) is 0. The van der Waals surface area contributed by atoms with Crippen LogP contribution in [0.4, 0.5) is 9.18 Å². The Morgan fingerprint density at radius 1 is 1.30 bits per heavy atom. The van der Waals surface area contributed by atoms with Crippen LogP contribution in [0.1, 0.15) is 37.4 Å². The van der Waals surface area contributed by atoms with Gasteiger partial charge in [-0.1, -0.05) is 17.7 Å². The molecule has 4 N–H and O–H groups in total. The highest BCUT2D eigenvalue weighted by atomic mass is 35.5. The van der Waals surface area contributed by atoms with Crippen LogP contribution in [0.3, 0.4) is 0 Å². The van der Waals surface area contributed by atoms with Crippen molar-refractivity contribution >= 4 is 46.7 Å². The zero-order valence-electron chi connectivity index (χ0n) is 22.1. The van der Waals surface area contributed by atoms with Crippen LogP contribution in [0.2, 0.25) is 5.02 Å². The summed E-state index contributed by atoms with van der Waals surface area (Å²) in [4.78, 5) is 52.8. The largest absolute Gasteiger partial charge is 0.478 e. The average molecular weight is 590 g/mol. The SMILES string of the molecule is CC(C)(C)N1C[C@H]2[C@H](C(N)=O)N(CC3=C(C(=O)O)[C@H](c4ccc(F)cc4Cl)N=C(c4nccs4)N3)CCN2C1=O. The van der Waals surface area contributed by atoms with Gasteiger partial charge >= 0.3 is 12.0 Å². The Labute approximate surface area is 239 Å². The first-order valence-corrected chi connectivity index (χ1v) is 13.9. The van der Waals surface area contributed by atoms with Gasteiger partial charge in [0.25, 0.3) is 0 Å². The Hall–Kier alpha value is -3.55. The van der Waals surface area contributed by atoms with Crippen molar-refractivity contribution in [1.29, 1.82) is 0 Å². The molecule has 3 atom stereocenters. The average Bonchev–Trinajstić information content (AvgIpc) is 3.51. The molecule has 14 heteroatoms. The minimum Gasteiger partial charge on any atom is -0.478 e. The van der Waals surface area contributed by atoms with Crippen LogP contribution in [0.15, 0.2) is 46.0 Å². The van der Waals surface area contributed by atoms with Crippen molar-refractivity contribution in [2.75, 3.05) is 26.2 Å². The van der Waals surface area contributed by atoms with Gasteiger partial charge in [-0.25, -0.2) is 19.0 Å². The zero-order chi connectivity index (χ0) is 28.9. The number of amidine groups is 1. The van der Waals surface area contributed by atoms with E-state index in [2.05, 4.69) is 15.3 Å². The van der Waals surface area contributed by atoms with E-state index in [0.29, 0.717) is 29.5 Å². The van der Waals surface area contributed by atoms with Gasteiger partial charge in [-0.15, -0.1) is 11.3 Å². The summed E-state index contributed by atoms with van der Waals surface area (Å²) in [6.45, 7) is 6.73. The fraction of sp³-hybridized carbons (Fsp3) is 0.423. The number of aliphatic carboxylic acids is 1. The number of benzene rings is 1. The van der Waals surface area contributed by atoms with Gasteiger partial charge in [0.1, 0.15) is 17.9 Å². The second-order valence-electron chi connectivity index (χ2n) is 10.8. The van der Waals surface area contributed by atoms with Crippen LogP contribution >= 0.6 is 22.9 Å². The molecule has 0 bridgehead atoms. The molecule has 1 aromatic carbocycles. The van der Waals surface area contributed by atoms with E-state index >= 15 is 0 Å². The van der Waals surface area contributed by atoms with Gasteiger partial charge in [-0.2, -0.15) is 0 Å². The topological polar surface area (TPSA) is 144 Å². The van der Waals surface area contributed by atoms with Gasteiger partial charge in [0.2, 0.25) is 5.91 Å². The molecule has 3 aliphatic rings. The molecule has 0 unspecified atom stereocenters. The van der Waals surface area contributed by atoms with E-state index in [9.17, 15) is 23.9 Å². The first kappa shape index (κ1) is 28.0. The molecule has 1 aromatic heterocycles. The van der Waals surface area contributed by atoms with Crippen LogP contribution in [-0.2, 0) is 9.59 Å². The first-order valence-electron chi connectivity index (χ1n) is 12.6. The maximum atomic E-state index is 13.9. The number of amides is 3. The van der Waals surface area contributed by atoms with E-state index in [1.165, 1.54) is 23.5 Å². The van der Waals surface area contributed by atoms with Gasteiger partial charge < -0.3 is 26.0 Å². The van der Waals surface area contributed by atoms with Crippen molar-refractivity contribution in [2.45, 2.75) is 44.4 Å². The van der Waals surface area contributed by atoms with Crippen LogP contribution in [-0.4, -0.2) is 92.3 Å². The number of rotatable bonds is 6. The number of piperazine rings is 1. The van der Waals surface area contributed by atoms with Crippen molar-refractivity contribution in [1.82, 2.24) is 25.0 Å². The Kier molecular flexibility index (Phi) is 7.31. The molecule has 5 rings (SSSR count). The van der Waals surface area contributed by atoms with E-state index in [1.54, 1.807) is 26.3 Å². The second-order valence-corrected chi connectivity index (χ2v) is 12.1. The summed E-state index contributed by atoms with van der Waals surface area (Å²) < 4.78 is 13.9. The van der Waals surface area contributed by atoms with Crippen LogP contribution in [0.25, 0.3) is 0 Å². The molecule has 11 nitrogen and oxygen atoms in total. The van der Waals surface area contributed by atoms with E-state index in [4.69, 9.17) is 17.3 Å². The molecule has 3 aliphatic heterocycles. The number of urea groups is 1. The standard InChI is InChI=1S/C26H29ClFN7O4S/c1-26(2,3)35-12-17-20(21(29)36)33(7-8-34(17)25(35)39)11-16-18(24(37)38)19(14-5-4-13(28)10-15(14)27)32-22(31-16)23-30-6-9-40-23/h4-6,9-10,17,19-20H,7-8,11-12H2,1-3H3,(H2,29,36)(H,31,32)(H,37,38)/t17-,19-,20+/m0/s1. The molecule has 0 spiro atoms. The summed E-state index contributed by atoms with van der Waals surface area (Å²) in [6, 6.07) is 1.13. The number of hydrogen-bond donors (Lipinski definition) is 3. The number of nitrogens with zero attached hydrogens (tertiary/aromatic N) is 5. The fourth-order valence-corrected chi connectivity index (χ4v) is 6.35. The monoisotopic (exact) mass is 589 g/mol. The van der Waals surface area contributed by atoms with E-state index < -0.39 is 41.4 Å². The maximum absolute atomic E-state index is 13.9. The molecule has 3 amide bonds. The van der Waals surface area contributed by atoms with Crippen molar-refractivity contribution in [3.05, 3.63) is 62.5 Å². The molecule has 2 saturated heterocycles. The molecule has 4 heterocycles. The lowest BCUT2D eigenvalue weighted by Crippen LogP contribution is -2.64. The predicted octanol–water partition coefficient (Wildman–Crippen LogP) is 2.44. The summed E-state index contributed by atoms with van der Waals surface area (Å²) in [5.74, 6) is -2.10. The van der Waals surface area contributed by atoms with Gasteiger partial charge in [0.15, 0.2) is 10.8 Å². The van der Waals surface area contributed by atoms with Crippen LogP contribution in [0, 0.1) is 5.82 Å². The lowest BCUT2D eigenvalue weighted by Gasteiger charge is -2.43. The Morgan fingerprint density at radius 2 is 2.05 bits per heavy atom. The molecular formula is C26H29ClFN7O4S. The number of carboxylic acids is 1. The number of carbonyl (C=O) groups is 3. The number of carboxylic acid groups (broad SMARTS) is 1. The Balaban J connectivity index is 1.55. The number of nitrogens with one attached hydrogen (secondary N) is 1. The van der Waals surface area contributed by atoms with Crippen molar-refractivity contribution in [2.24, 2.45) is 10.7 Å². The smallest absolute Gasteiger partial charge is 0.335 e. The summed E-state index contributed by atoms with van der Waals surface area (Å²) >= 11 is 7.67. The molecule has 0 saturated carbocycles. The van der Waals surface area contributed by atoms with Crippen molar-refractivity contribution in [3.63, 3.8) is 0 Å². The van der Waals surface area contributed by atoms with Crippen LogP contribution < -0.4 is 11.1 Å². The Morgan fingerprint density at radius 3 is 2.65 bits per heavy atom.